The van der Waals surface area contributed by atoms with Crippen molar-refractivity contribution in [3.63, 3.8) is 0 Å². The van der Waals surface area contributed by atoms with Crippen molar-refractivity contribution in [3.05, 3.63) is 55.5 Å². The molecule has 0 amide bonds. The third-order valence-corrected chi connectivity index (χ3v) is 4.92. The molecule has 0 aromatic heterocycles. The summed E-state index contributed by atoms with van der Waals surface area (Å²) in [5.41, 5.74) is -4.01. The molecule has 0 saturated heterocycles. The second-order valence-corrected chi connectivity index (χ2v) is 6.54. The lowest BCUT2D eigenvalue weighted by molar-refractivity contribution is 0.0619. The Labute approximate surface area is 162 Å². The zero-order chi connectivity index (χ0) is 19.8. The van der Waals surface area contributed by atoms with Gasteiger partial charge in [-0.25, -0.2) is 19.2 Å². The van der Waals surface area contributed by atoms with Gasteiger partial charge in [-0.3, -0.25) is 0 Å². The molecule has 0 fully saturated rings. The third kappa shape index (κ3) is 3.20. The molecular weight excluding hydrogens is 480 g/mol. The Bertz CT molecular complexity index is 981. The highest BCUT2D eigenvalue weighted by atomic mass is 79.9. The molecule has 0 unspecified atom stereocenters. The fraction of sp³-hybridized carbons (Fsp3) is 0. The van der Waals surface area contributed by atoms with E-state index in [1.54, 1.807) is 12.1 Å². The van der Waals surface area contributed by atoms with Crippen molar-refractivity contribution >= 4 is 55.7 Å². The van der Waals surface area contributed by atoms with E-state index in [1.807, 2.05) is 0 Å². The quantitative estimate of drug-likeness (QED) is 0.499. The molecule has 0 spiro atoms. The zero-order valence-corrected chi connectivity index (χ0v) is 15.7. The second kappa shape index (κ2) is 7.26. The highest BCUT2D eigenvalue weighted by Crippen LogP contribution is 2.42. The van der Waals surface area contributed by atoms with Crippen molar-refractivity contribution < 1.29 is 39.6 Å². The van der Waals surface area contributed by atoms with Crippen molar-refractivity contribution in [2.75, 3.05) is 0 Å². The van der Waals surface area contributed by atoms with Crippen LogP contribution < -0.4 is 0 Å². The first-order valence-electron chi connectivity index (χ1n) is 6.67. The van der Waals surface area contributed by atoms with Gasteiger partial charge in [0.05, 0.1) is 22.3 Å². The Balaban J connectivity index is 3.23. The minimum atomic E-state index is -1.87. The normalized spacial score (nSPS) is 10.4. The largest absolute Gasteiger partial charge is 0.478 e. The van der Waals surface area contributed by atoms with Gasteiger partial charge >= 0.3 is 23.9 Å². The Hall–Kier alpha value is -2.72. The summed E-state index contributed by atoms with van der Waals surface area (Å²) in [5.74, 6) is -7.18. The van der Waals surface area contributed by atoms with Gasteiger partial charge in [0.1, 0.15) is 0 Å². The van der Waals surface area contributed by atoms with Gasteiger partial charge < -0.3 is 20.4 Å². The van der Waals surface area contributed by atoms with Gasteiger partial charge in [0.25, 0.3) is 0 Å². The molecule has 0 bridgehead atoms. The predicted molar refractivity (Wildman–Crippen MR) is 95.1 cm³/mol. The number of hydrogen-bond acceptors (Lipinski definition) is 4. The number of carboxylic acid groups (broad SMARTS) is 4. The van der Waals surface area contributed by atoms with Crippen LogP contribution in [0.5, 0.6) is 0 Å². The maximum atomic E-state index is 11.8. The fourth-order valence-electron chi connectivity index (χ4n) is 2.48. The van der Waals surface area contributed by atoms with E-state index in [-0.39, 0.29) is 15.6 Å². The first-order valence-corrected chi connectivity index (χ1v) is 8.25. The Morgan fingerprint density at radius 1 is 0.654 bits per heavy atom. The van der Waals surface area contributed by atoms with Crippen LogP contribution in [0, 0.1) is 0 Å². The smallest absolute Gasteiger partial charge is 0.337 e. The summed E-state index contributed by atoms with van der Waals surface area (Å²) >= 11 is 6.15. The third-order valence-electron chi connectivity index (χ3n) is 3.44. The molecule has 2 aromatic carbocycles. The molecule has 0 aliphatic heterocycles. The van der Waals surface area contributed by atoms with Crippen LogP contribution in [0.3, 0.4) is 0 Å². The Morgan fingerprint density at radius 3 is 1.50 bits per heavy atom. The van der Waals surface area contributed by atoms with E-state index in [0.717, 1.165) is 0 Å². The SMILES string of the molecule is O=C(O)c1c(Br)c(-c2ccccc2Br)c(C(=O)O)c(C(=O)O)c1C(=O)O. The van der Waals surface area contributed by atoms with Crippen LogP contribution in [0.25, 0.3) is 11.1 Å². The second-order valence-electron chi connectivity index (χ2n) is 4.89. The monoisotopic (exact) mass is 486 g/mol. The molecular formula is C16H8Br2O8. The van der Waals surface area contributed by atoms with Gasteiger partial charge in [-0.15, -0.1) is 0 Å². The van der Waals surface area contributed by atoms with E-state index in [9.17, 15) is 39.6 Å². The minimum Gasteiger partial charge on any atom is -0.478 e. The number of aromatic carboxylic acids is 4. The highest BCUT2D eigenvalue weighted by Gasteiger charge is 2.36. The predicted octanol–water partition coefficient (Wildman–Crippen LogP) is 3.67. The molecule has 2 aromatic rings. The number of carbonyl (C=O) groups is 4. The summed E-state index contributed by atoms with van der Waals surface area (Å²) in [4.78, 5) is 46.6. The van der Waals surface area contributed by atoms with E-state index in [2.05, 4.69) is 31.9 Å². The van der Waals surface area contributed by atoms with E-state index < -0.39 is 46.1 Å². The van der Waals surface area contributed by atoms with E-state index in [4.69, 9.17) is 0 Å². The van der Waals surface area contributed by atoms with Crippen LogP contribution >= 0.6 is 31.9 Å². The van der Waals surface area contributed by atoms with Crippen LogP contribution in [0.15, 0.2) is 33.2 Å². The minimum absolute atomic E-state index is 0.179. The molecule has 134 valence electrons. The van der Waals surface area contributed by atoms with Gasteiger partial charge in [-0.2, -0.15) is 0 Å². The zero-order valence-electron chi connectivity index (χ0n) is 12.5. The number of carboxylic acids is 4. The van der Waals surface area contributed by atoms with Gasteiger partial charge in [-0.1, -0.05) is 34.1 Å². The van der Waals surface area contributed by atoms with Crippen molar-refractivity contribution in [2.45, 2.75) is 0 Å². The standard InChI is InChI=1S/C16H8Br2O8/c17-6-4-2-1-3-5(6)7-8(13(19)20)9(14(21)22)10(15(23)24)11(12(7)18)16(25)26/h1-4H,(H,19,20)(H,21,22)(H,23,24)(H,25,26). The van der Waals surface area contributed by atoms with Crippen molar-refractivity contribution in [1.82, 2.24) is 0 Å². The van der Waals surface area contributed by atoms with Crippen LogP contribution in [-0.4, -0.2) is 44.3 Å². The molecule has 0 atom stereocenters. The Kier molecular flexibility index (Phi) is 5.47. The van der Waals surface area contributed by atoms with Crippen LogP contribution in [0.1, 0.15) is 41.4 Å². The molecule has 8 nitrogen and oxygen atoms in total. The molecule has 0 saturated carbocycles. The topological polar surface area (TPSA) is 149 Å². The van der Waals surface area contributed by atoms with Crippen LogP contribution in [0.4, 0.5) is 0 Å². The summed E-state index contributed by atoms with van der Waals surface area (Å²) in [6.45, 7) is 0. The first-order chi connectivity index (χ1) is 12.1. The number of rotatable bonds is 5. The molecule has 0 aliphatic carbocycles. The number of halogens is 2. The van der Waals surface area contributed by atoms with Gasteiger partial charge in [0.2, 0.25) is 0 Å². The number of benzene rings is 2. The van der Waals surface area contributed by atoms with Gasteiger partial charge in [0.15, 0.2) is 0 Å². The summed E-state index contributed by atoms with van der Waals surface area (Å²) in [7, 11) is 0. The van der Waals surface area contributed by atoms with E-state index >= 15 is 0 Å². The average molecular weight is 488 g/mol. The van der Waals surface area contributed by atoms with Crippen molar-refractivity contribution in [1.29, 1.82) is 0 Å². The Morgan fingerprint density at radius 2 is 1.08 bits per heavy atom. The van der Waals surface area contributed by atoms with Crippen LogP contribution in [-0.2, 0) is 0 Å². The molecule has 0 heterocycles. The summed E-state index contributed by atoms with van der Waals surface area (Å²) in [6.07, 6.45) is 0. The lowest BCUT2D eigenvalue weighted by Crippen LogP contribution is -2.21. The molecule has 2 rings (SSSR count). The lowest BCUT2D eigenvalue weighted by atomic mass is 9.88. The first kappa shape index (κ1) is 19.6. The summed E-state index contributed by atoms with van der Waals surface area (Å²) in [5, 5.41) is 37.8. The summed E-state index contributed by atoms with van der Waals surface area (Å²) in [6, 6.07) is 6.13. The molecule has 0 radical (unpaired) electrons. The maximum absolute atomic E-state index is 11.8. The summed E-state index contributed by atoms with van der Waals surface area (Å²) < 4.78 is 0.00986. The van der Waals surface area contributed by atoms with Gasteiger partial charge in [0, 0.05) is 14.5 Å². The molecule has 26 heavy (non-hydrogen) atoms. The van der Waals surface area contributed by atoms with Crippen LogP contribution in [0.2, 0.25) is 0 Å². The van der Waals surface area contributed by atoms with Gasteiger partial charge in [-0.05, 0) is 27.6 Å². The highest BCUT2D eigenvalue weighted by molar-refractivity contribution is 9.11. The van der Waals surface area contributed by atoms with E-state index in [0.29, 0.717) is 4.47 Å². The molecule has 0 aliphatic rings. The maximum Gasteiger partial charge on any atom is 0.337 e. The average Bonchev–Trinajstić information content (AvgIpc) is 2.53. The molecule has 10 heteroatoms. The molecule has 4 N–H and O–H groups in total. The van der Waals surface area contributed by atoms with Crippen molar-refractivity contribution in [3.8, 4) is 11.1 Å². The van der Waals surface area contributed by atoms with E-state index in [1.165, 1.54) is 12.1 Å². The lowest BCUT2D eigenvalue weighted by Gasteiger charge is -2.18. The van der Waals surface area contributed by atoms with Crippen molar-refractivity contribution in [2.24, 2.45) is 0 Å². The number of hydrogen-bond donors (Lipinski definition) is 4. The fourth-order valence-corrected chi connectivity index (χ4v) is 3.74.